The number of hydrogen-bond acceptors (Lipinski definition) is 2. The molecule has 0 heterocycles. The number of benzene rings is 2. The molecule has 1 N–H and O–H groups in total. The first-order valence-electron chi connectivity index (χ1n) is 7.11. The van der Waals surface area contributed by atoms with Crippen molar-refractivity contribution in [2.75, 3.05) is 11.1 Å². The zero-order valence-electron chi connectivity index (χ0n) is 11.9. The molecule has 1 aliphatic rings. The zero-order chi connectivity index (χ0) is 15.5. The quantitative estimate of drug-likeness (QED) is 0.856. The summed E-state index contributed by atoms with van der Waals surface area (Å²) < 4.78 is 26.1. The monoisotopic (exact) mass is 319 g/mol. The van der Waals surface area contributed by atoms with Crippen molar-refractivity contribution in [2.24, 2.45) is 0 Å². The van der Waals surface area contributed by atoms with Crippen LogP contribution in [0.1, 0.15) is 17.5 Å². The Kier molecular flexibility index (Phi) is 4.43. The maximum atomic E-state index is 13.1. The normalized spacial score (nSPS) is 13.0. The fraction of sp³-hybridized carbons (Fsp3) is 0.235. The van der Waals surface area contributed by atoms with E-state index in [-0.39, 0.29) is 17.3 Å². The molecule has 2 nitrogen and oxygen atoms in total. The highest BCUT2D eigenvalue weighted by Crippen LogP contribution is 2.27. The number of halogens is 2. The summed E-state index contributed by atoms with van der Waals surface area (Å²) >= 11 is 1.42. The lowest BCUT2D eigenvalue weighted by atomic mass is 10.1. The molecule has 0 fully saturated rings. The van der Waals surface area contributed by atoms with Gasteiger partial charge in [-0.05, 0) is 54.7 Å². The highest BCUT2D eigenvalue weighted by Gasteiger charge is 2.12. The van der Waals surface area contributed by atoms with E-state index in [1.807, 2.05) is 6.07 Å². The van der Waals surface area contributed by atoms with Gasteiger partial charge in [0.25, 0.3) is 0 Å². The Morgan fingerprint density at radius 1 is 1.05 bits per heavy atom. The summed E-state index contributed by atoms with van der Waals surface area (Å²) in [5, 5.41) is 2.51. The minimum Gasteiger partial charge on any atom is -0.325 e. The Hall–Kier alpha value is -1.88. The molecule has 0 radical (unpaired) electrons. The van der Waals surface area contributed by atoms with Crippen molar-refractivity contribution in [1.82, 2.24) is 0 Å². The van der Waals surface area contributed by atoms with Crippen molar-refractivity contribution in [2.45, 2.75) is 24.2 Å². The maximum Gasteiger partial charge on any atom is 0.234 e. The first-order valence-corrected chi connectivity index (χ1v) is 8.09. The van der Waals surface area contributed by atoms with E-state index in [2.05, 4.69) is 17.4 Å². The van der Waals surface area contributed by atoms with Crippen LogP contribution < -0.4 is 5.32 Å². The lowest BCUT2D eigenvalue weighted by molar-refractivity contribution is -0.113. The second-order valence-corrected chi connectivity index (χ2v) is 6.33. The molecule has 2 aromatic carbocycles. The molecule has 22 heavy (non-hydrogen) atoms. The van der Waals surface area contributed by atoms with Gasteiger partial charge in [0.2, 0.25) is 5.91 Å². The van der Waals surface area contributed by atoms with Crippen molar-refractivity contribution < 1.29 is 13.6 Å². The summed E-state index contributed by atoms with van der Waals surface area (Å²) in [7, 11) is 0. The number of nitrogens with one attached hydrogen (secondary N) is 1. The Bertz CT molecular complexity index is 698. The molecular formula is C17H15F2NOS. The van der Waals surface area contributed by atoms with Crippen LogP contribution in [0.2, 0.25) is 0 Å². The molecular weight excluding hydrogens is 304 g/mol. The first-order chi connectivity index (χ1) is 10.6. The molecule has 114 valence electrons. The van der Waals surface area contributed by atoms with Crippen LogP contribution in [0.5, 0.6) is 0 Å². The molecule has 0 saturated heterocycles. The topological polar surface area (TPSA) is 29.1 Å². The number of aryl methyl sites for hydroxylation is 2. The van der Waals surface area contributed by atoms with Crippen LogP contribution in [0.15, 0.2) is 41.3 Å². The predicted molar refractivity (Wildman–Crippen MR) is 84.2 cm³/mol. The van der Waals surface area contributed by atoms with E-state index in [1.165, 1.54) is 29.3 Å². The van der Waals surface area contributed by atoms with Crippen molar-refractivity contribution in [1.29, 1.82) is 0 Å². The summed E-state index contributed by atoms with van der Waals surface area (Å²) in [6, 6.07) is 9.23. The third kappa shape index (κ3) is 3.65. The van der Waals surface area contributed by atoms with E-state index in [1.54, 1.807) is 0 Å². The molecule has 0 aromatic heterocycles. The summed E-state index contributed by atoms with van der Waals surface area (Å²) in [6.45, 7) is 0. The van der Waals surface area contributed by atoms with Gasteiger partial charge in [-0.2, -0.15) is 0 Å². The lowest BCUT2D eigenvalue weighted by Gasteiger charge is -2.07. The van der Waals surface area contributed by atoms with E-state index >= 15 is 0 Å². The Morgan fingerprint density at radius 3 is 2.55 bits per heavy atom. The van der Waals surface area contributed by atoms with Gasteiger partial charge in [0, 0.05) is 16.6 Å². The van der Waals surface area contributed by atoms with Gasteiger partial charge >= 0.3 is 0 Å². The van der Waals surface area contributed by atoms with Crippen LogP contribution in [-0.4, -0.2) is 11.7 Å². The number of fused-ring (bicyclic) bond motifs is 1. The van der Waals surface area contributed by atoms with Crippen LogP contribution in [0.25, 0.3) is 0 Å². The van der Waals surface area contributed by atoms with Gasteiger partial charge < -0.3 is 5.32 Å². The van der Waals surface area contributed by atoms with Gasteiger partial charge in [0.1, 0.15) is 11.6 Å². The maximum absolute atomic E-state index is 13.1. The molecule has 0 bridgehead atoms. The lowest BCUT2D eigenvalue weighted by Crippen LogP contribution is -2.14. The molecule has 0 spiro atoms. The SMILES string of the molecule is O=C(CSc1ccc2c(c1)CCC2)Nc1cc(F)cc(F)c1. The minimum absolute atomic E-state index is 0.136. The van der Waals surface area contributed by atoms with E-state index < -0.39 is 11.6 Å². The molecule has 0 aliphatic heterocycles. The zero-order valence-corrected chi connectivity index (χ0v) is 12.7. The molecule has 5 heteroatoms. The van der Waals surface area contributed by atoms with Gasteiger partial charge in [-0.25, -0.2) is 8.78 Å². The molecule has 0 unspecified atom stereocenters. The minimum atomic E-state index is -0.707. The summed E-state index contributed by atoms with van der Waals surface area (Å²) in [5.74, 6) is -1.49. The molecule has 1 amide bonds. The second kappa shape index (κ2) is 6.48. The average molecular weight is 319 g/mol. The van der Waals surface area contributed by atoms with Gasteiger partial charge in [-0.1, -0.05) is 6.07 Å². The Labute approximate surface area is 131 Å². The number of amides is 1. The van der Waals surface area contributed by atoms with Gasteiger partial charge in [-0.3, -0.25) is 4.79 Å². The standard InChI is InChI=1S/C17H15F2NOS/c18-13-7-14(19)9-15(8-13)20-17(21)10-22-16-5-4-11-2-1-3-12(11)6-16/h4-9H,1-3,10H2,(H,20,21). The van der Waals surface area contributed by atoms with Crippen LogP contribution in [-0.2, 0) is 17.6 Å². The molecule has 0 atom stereocenters. The molecule has 0 saturated carbocycles. The average Bonchev–Trinajstić information content (AvgIpc) is 2.91. The smallest absolute Gasteiger partial charge is 0.234 e. The van der Waals surface area contributed by atoms with Gasteiger partial charge in [0.15, 0.2) is 0 Å². The number of thioether (sulfide) groups is 1. The van der Waals surface area contributed by atoms with Crippen LogP contribution >= 0.6 is 11.8 Å². The summed E-state index contributed by atoms with van der Waals surface area (Å²) in [5.41, 5.74) is 2.89. The Balaban J connectivity index is 1.58. The predicted octanol–water partition coefficient (Wildman–Crippen LogP) is 4.18. The number of anilines is 1. The van der Waals surface area contributed by atoms with Crippen molar-refractivity contribution in [3.8, 4) is 0 Å². The van der Waals surface area contributed by atoms with Crippen molar-refractivity contribution >= 4 is 23.4 Å². The molecule has 1 aliphatic carbocycles. The number of carbonyl (C=O) groups excluding carboxylic acids is 1. The molecule has 3 rings (SSSR count). The van der Waals surface area contributed by atoms with E-state index in [9.17, 15) is 13.6 Å². The van der Waals surface area contributed by atoms with Crippen LogP contribution in [0.4, 0.5) is 14.5 Å². The van der Waals surface area contributed by atoms with Crippen LogP contribution in [0, 0.1) is 11.6 Å². The van der Waals surface area contributed by atoms with E-state index in [0.29, 0.717) is 0 Å². The second-order valence-electron chi connectivity index (χ2n) is 5.28. The largest absolute Gasteiger partial charge is 0.325 e. The first kappa shape index (κ1) is 15.0. The fourth-order valence-electron chi connectivity index (χ4n) is 2.61. The highest BCUT2D eigenvalue weighted by atomic mass is 32.2. The van der Waals surface area contributed by atoms with Gasteiger partial charge in [0.05, 0.1) is 5.75 Å². The van der Waals surface area contributed by atoms with Gasteiger partial charge in [-0.15, -0.1) is 11.8 Å². The Morgan fingerprint density at radius 2 is 1.77 bits per heavy atom. The number of hydrogen-bond donors (Lipinski definition) is 1. The third-order valence-corrected chi connectivity index (χ3v) is 4.58. The summed E-state index contributed by atoms with van der Waals surface area (Å²) in [4.78, 5) is 12.9. The summed E-state index contributed by atoms with van der Waals surface area (Å²) in [6.07, 6.45) is 3.42. The van der Waals surface area contributed by atoms with E-state index in [4.69, 9.17) is 0 Å². The highest BCUT2D eigenvalue weighted by molar-refractivity contribution is 8.00. The van der Waals surface area contributed by atoms with Crippen molar-refractivity contribution in [3.05, 3.63) is 59.2 Å². The number of rotatable bonds is 4. The van der Waals surface area contributed by atoms with Crippen LogP contribution in [0.3, 0.4) is 0 Å². The third-order valence-electron chi connectivity index (χ3n) is 3.59. The fourth-order valence-corrected chi connectivity index (χ4v) is 3.37. The number of carbonyl (C=O) groups is 1. The molecule has 2 aromatic rings. The van der Waals surface area contributed by atoms with Crippen molar-refractivity contribution in [3.63, 3.8) is 0 Å². The van der Waals surface area contributed by atoms with E-state index in [0.717, 1.165) is 35.9 Å².